The molecule has 0 amide bonds. The lowest BCUT2D eigenvalue weighted by atomic mass is 10.3. The molecule has 0 N–H and O–H groups in total. The summed E-state index contributed by atoms with van der Waals surface area (Å²) in [6.07, 6.45) is 1.84. The van der Waals surface area contributed by atoms with E-state index < -0.39 is 7.26 Å². The predicted octanol–water partition coefficient (Wildman–Crippen LogP) is 4.71. The van der Waals surface area contributed by atoms with Gasteiger partial charge >= 0.3 is 5.63 Å². The minimum atomic E-state index is -1.85. The molecule has 0 spiro atoms. The summed E-state index contributed by atoms with van der Waals surface area (Å²) in [5.74, 6) is 1.12. The summed E-state index contributed by atoms with van der Waals surface area (Å²) >= 11 is 0. The second-order valence-corrected chi connectivity index (χ2v) is 11.1. The van der Waals surface area contributed by atoms with Crippen molar-refractivity contribution < 1.29 is 9.15 Å². The standard InChI is InChI=1S/C27H26O3P/c1-22-20-23(21-27(28)30-22)29-18-11-19-31(24-12-5-2-6-13-24,25-14-7-3-8-15-25)26-16-9-4-10-17-26/h2-10,12-17,20-21H,11,18-19H2,1H3/q+1. The largest absolute Gasteiger partial charge is 0.493 e. The zero-order valence-electron chi connectivity index (χ0n) is 17.6. The third-order valence-corrected chi connectivity index (χ3v) is 9.89. The lowest BCUT2D eigenvalue weighted by Crippen LogP contribution is -2.33. The van der Waals surface area contributed by atoms with Gasteiger partial charge in [0, 0.05) is 12.5 Å². The maximum absolute atomic E-state index is 11.6. The molecular formula is C27H26O3P+. The van der Waals surface area contributed by atoms with Gasteiger partial charge in [0.1, 0.15) is 34.7 Å². The molecule has 3 aromatic carbocycles. The molecule has 3 nitrogen and oxygen atoms in total. The molecule has 0 bridgehead atoms. The number of ether oxygens (including phenoxy) is 1. The van der Waals surface area contributed by atoms with Gasteiger partial charge in [0.05, 0.1) is 18.8 Å². The molecule has 0 aliphatic rings. The number of hydrogen-bond acceptors (Lipinski definition) is 3. The van der Waals surface area contributed by atoms with E-state index in [4.69, 9.17) is 9.15 Å². The first kappa shape index (κ1) is 21.1. The summed E-state index contributed by atoms with van der Waals surface area (Å²) in [4.78, 5) is 11.6. The summed E-state index contributed by atoms with van der Waals surface area (Å²) in [5.41, 5.74) is -0.380. The van der Waals surface area contributed by atoms with E-state index in [0.717, 1.165) is 12.6 Å². The van der Waals surface area contributed by atoms with Gasteiger partial charge in [0.15, 0.2) is 0 Å². The van der Waals surface area contributed by atoms with E-state index in [1.54, 1.807) is 13.0 Å². The van der Waals surface area contributed by atoms with Crippen molar-refractivity contribution in [3.63, 3.8) is 0 Å². The van der Waals surface area contributed by atoms with Crippen LogP contribution in [0.2, 0.25) is 0 Å². The van der Waals surface area contributed by atoms with E-state index in [0.29, 0.717) is 18.1 Å². The van der Waals surface area contributed by atoms with Crippen molar-refractivity contribution in [3.8, 4) is 5.75 Å². The molecule has 0 unspecified atom stereocenters. The van der Waals surface area contributed by atoms with Crippen LogP contribution >= 0.6 is 7.26 Å². The molecule has 0 atom stereocenters. The lowest BCUT2D eigenvalue weighted by Gasteiger charge is -2.27. The molecule has 0 radical (unpaired) electrons. The van der Waals surface area contributed by atoms with Gasteiger partial charge in [-0.25, -0.2) is 4.79 Å². The molecular weight excluding hydrogens is 403 g/mol. The molecule has 0 saturated carbocycles. The summed E-state index contributed by atoms with van der Waals surface area (Å²) in [5, 5.41) is 4.09. The highest BCUT2D eigenvalue weighted by atomic mass is 31.2. The fourth-order valence-corrected chi connectivity index (χ4v) is 8.35. The molecule has 0 aliphatic carbocycles. The molecule has 0 fully saturated rings. The van der Waals surface area contributed by atoms with Crippen LogP contribution < -0.4 is 26.3 Å². The summed E-state index contributed by atoms with van der Waals surface area (Å²) in [7, 11) is -1.85. The fourth-order valence-electron chi connectivity index (χ4n) is 4.03. The van der Waals surface area contributed by atoms with Crippen molar-refractivity contribution in [1.82, 2.24) is 0 Å². The molecule has 0 aliphatic heterocycles. The Morgan fingerprint density at radius 3 is 1.68 bits per heavy atom. The van der Waals surface area contributed by atoms with Crippen molar-refractivity contribution in [1.29, 1.82) is 0 Å². The number of hydrogen-bond donors (Lipinski definition) is 0. The Hall–Kier alpha value is -3.16. The predicted molar refractivity (Wildman–Crippen MR) is 130 cm³/mol. The Balaban J connectivity index is 1.67. The van der Waals surface area contributed by atoms with Crippen molar-refractivity contribution in [2.75, 3.05) is 12.8 Å². The average molecular weight is 429 g/mol. The molecule has 1 heterocycles. The number of aryl methyl sites for hydroxylation is 1. The first-order valence-corrected chi connectivity index (χ1v) is 12.5. The van der Waals surface area contributed by atoms with Gasteiger partial charge in [-0.15, -0.1) is 0 Å². The van der Waals surface area contributed by atoms with Gasteiger partial charge in [0.25, 0.3) is 0 Å². The fraction of sp³-hybridized carbons (Fsp3) is 0.148. The quantitative estimate of drug-likeness (QED) is 0.301. The molecule has 4 aromatic rings. The van der Waals surface area contributed by atoms with Crippen molar-refractivity contribution in [2.45, 2.75) is 13.3 Å². The van der Waals surface area contributed by atoms with Crippen LogP contribution in [-0.2, 0) is 0 Å². The first-order valence-electron chi connectivity index (χ1n) is 10.5. The van der Waals surface area contributed by atoms with Gasteiger partial charge in [-0.2, -0.15) is 0 Å². The topological polar surface area (TPSA) is 39.4 Å². The molecule has 1 aromatic heterocycles. The molecule has 4 rings (SSSR count). The SMILES string of the molecule is Cc1cc(OCCC[P+](c2ccccc2)(c2ccccc2)c2ccccc2)cc(=O)o1. The van der Waals surface area contributed by atoms with Gasteiger partial charge in [-0.3, -0.25) is 0 Å². The van der Waals surface area contributed by atoms with E-state index in [1.165, 1.54) is 22.0 Å². The summed E-state index contributed by atoms with van der Waals surface area (Å²) in [6, 6.07) is 35.6. The second kappa shape index (κ2) is 9.76. The third kappa shape index (κ3) is 4.78. The van der Waals surface area contributed by atoms with E-state index in [2.05, 4.69) is 91.0 Å². The Morgan fingerprint density at radius 1 is 0.742 bits per heavy atom. The minimum absolute atomic E-state index is 0.380. The maximum Gasteiger partial charge on any atom is 0.339 e. The lowest BCUT2D eigenvalue weighted by molar-refractivity contribution is 0.312. The van der Waals surface area contributed by atoms with Crippen LogP contribution in [0, 0.1) is 6.92 Å². The van der Waals surface area contributed by atoms with Crippen LogP contribution in [0.1, 0.15) is 12.2 Å². The van der Waals surface area contributed by atoms with Crippen LogP contribution in [-0.4, -0.2) is 12.8 Å². The van der Waals surface area contributed by atoms with E-state index in [-0.39, 0.29) is 5.63 Å². The molecule has 31 heavy (non-hydrogen) atoms. The van der Waals surface area contributed by atoms with Gasteiger partial charge in [-0.05, 0) is 43.3 Å². The highest BCUT2D eigenvalue weighted by Crippen LogP contribution is 2.55. The Morgan fingerprint density at radius 2 is 1.23 bits per heavy atom. The Bertz CT molecular complexity index is 1060. The molecule has 4 heteroatoms. The zero-order valence-corrected chi connectivity index (χ0v) is 18.5. The molecule has 156 valence electrons. The smallest absolute Gasteiger partial charge is 0.339 e. The van der Waals surface area contributed by atoms with Crippen LogP contribution in [0.15, 0.2) is 112 Å². The van der Waals surface area contributed by atoms with Gasteiger partial charge in [0.2, 0.25) is 0 Å². The average Bonchev–Trinajstić information content (AvgIpc) is 2.80. The van der Waals surface area contributed by atoms with Gasteiger partial charge < -0.3 is 9.15 Å². The van der Waals surface area contributed by atoms with Gasteiger partial charge in [-0.1, -0.05) is 54.6 Å². The van der Waals surface area contributed by atoms with Crippen molar-refractivity contribution in [2.24, 2.45) is 0 Å². The van der Waals surface area contributed by atoms with Crippen molar-refractivity contribution >= 4 is 23.2 Å². The highest BCUT2D eigenvalue weighted by Gasteiger charge is 2.44. The Kier molecular flexibility index (Phi) is 6.64. The van der Waals surface area contributed by atoms with E-state index >= 15 is 0 Å². The Labute approximate surface area is 183 Å². The van der Waals surface area contributed by atoms with Crippen LogP contribution in [0.25, 0.3) is 0 Å². The maximum atomic E-state index is 11.6. The second-order valence-electron chi connectivity index (χ2n) is 7.46. The monoisotopic (exact) mass is 429 g/mol. The van der Waals surface area contributed by atoms with Crippen LogP contribution in [0.3, 0.4) is 0 Å². The van der Waals surface area contributed by atoms with Crippen molar-refractivity contribution in [3.05, 3.63) is 119 Å². The summed E-state index contributed by atoms with van der Waals surface area (Å²) < 4.78 is 11.0. The summed E-state index contributed by atoms with van der Waals surface area (Å²) in [6.45, 7) is 2.29. The number of rotatable bonds is 8. The number of benzene rings is 3. The van der Waals surface area contributed by atoms with E-state index in [9.17, 15) is 4.79 Å². The van der Waals surface area contributed by atoms with E-state index in [1.807, 2.05) is 0 Å². The zero-order chi connectivity index (χ0) is 21.5. The van der Waals surface area contributed by atoms with Crippen LogP contribution in [0.5, 0.6) is 5.75 Å². The minimum Gasteiger partial charge on any atom is -0.493 e. The normalized spacial score (nSPS) is 11.3. The van der Waals surface area contributed by atoms with Crippen LogP contribution in [0.4, 0.5) is 0 Å². The molecule has 0 saturated heterocycles. The first-order chi connectivity index (χ1) is 15.2. The third-order valence-electron chi connectivity index (χ3n) is 5.36. The highest BCUT2D eigenvalue weighted by molar-refractivity contribution is 7.95.